The number of β-amino-alcohol motifs (C(OH)–C–C–N with tert-alkyl or cyclic N) is 1. The molecule has 3 saturated heterocycles. The lowest BCUT2D eigenvalue weighted by molar-refractivity contribution is 0.0327. The smallest absolute Gasteiger partial charge is 0.124 e. The van der Waals surface area contributed by atoms with Gasteiger partial charge in [-0.05, 0) is 19.9 Å². The summed E-state index contributed by atoms with van der Waals surface area (Å²) in [5.41, 5.74) is 3.28. The van der Waals surface area contributed by atoms with Crippen LogP contribution in [0.1, 0.15) is 23.1 Å². The second-order valence-corrected chi connectivity index (χ2v) is 7.86. The first kappa shape index (κ1) is 21.5. The van der Waals surface area contributed by atoms with Gasteiger partial charge in [-0.3, -0.25) is 9.80 Å². The molecule has 0 spiro atoms. The zero-order chi connectivity index (χ0) is 19.8. The van der Waals surface area contributed by atoms with Crippen molar-refractivity contribution in [2.45, 2.75) is 32.5 Å². The summed E-state index contributed by atoms with van der Waals surface area (Å²) in [4.78, 5) is 4.69. The van der Waals surface area contributed by atoms with E-state index in [1.165, 1.54) is 5.56 Å². The van der Waals surface area contributed by atoms with Gasteiger partial charge in [0.1, 0.15) is 5.75 Å². The average Bonchev–Trinajstić information content (AvgIpc) is 3.18. The Morgan fingerprint density at radius 1 is 0.964 bits per heavy atom. The van der Waals surface area contributed by atoms with Crippen molar-refractivity contribution in [3.63, 3.8) is 0 Å². The van der Waals surface area contributed by atoms with Crippen molar-refractivity contribution in [3.05, 3.63) is 28.8 Å². The van der Waals surface area contributed by atoms with Gasteiger partial charge in [0, 0.05) is 56.9 Å². The Labute approximate surface area is 168 Å². The van der Waals surface area contributed by atoms with Crippen molar-refractivity contribution >= 4 is 0 Å². The molecule has 1 aromatic rings. The first-order valence-corrected chi connectivity index (χ1v) is 10.4. The van der Waals surface area contributed by atoms with Gasteiger partial charge in [-0.1, -0.05) is 17.7 Å². The standard InChI is InChI=1S/C17H26N2O3.C4H9NO/c1-14-10-15(12-18-2-6-21-7-3-18)17(20)16(11-14)13-19-4-8-22-9-5-19;6-4-1-2-5-3-4/h10-11,20H,2-9,12-13H2,1H3;4-6H,1-3H2. The molecule has 7 nitrogen and oxygen atoms in total. The van der Waals surface area contributed by atoms with Gasteiger partial charge in [-0.25, -0.2) is 0 Å². The number of phenolic OH excluding ortho intramolecular Hbond substituents is 1. The minimum absolute atomic E-state index is 0.0648. The molecule has 1 aromatic carbocycles. The Bertz CT molecular complexity index is 554. The number of aromatic hydroxyl groups is 1. The number of nitrogens with zero attached hydrogens (tertiary/aromatic N) is 2. The highest BCUT2D eigenvalue weighted by Crippen LogP contribution is 2.27. The van der Waals surface area contributed by atoms with Gasteiger partial charge >= 0.3 is 0 Å². The molecule has 1 unspecified atom stereocenters. The lowest BCUT2D eigenvalue weighted by Gasteiger charge is -2.29. The molecule has 0 radical (unpaired) electrons. The molecule has 3 fully saturated rings. The molecule has 4 rings (SSSR count). The Kier molecular flexibility index (Phi) is 8.51. The SMILES string of the molecule is Cc1cc(CN2CCOCC2)c(O)c(CN2CCOCC2)c1.OC1CCNC1. The number of phenols is 1. The number of nitrogens with one attached hydrogen (secondary N) is 1. The first-order chi connectivity index (χ1) is 13.6. The first-order valence-electron chi connectivity index (χ1n) is 10.4. The molecular formula is C21H35N3O4. The van der Waals surface area contributed by atoms with Crippen LogP contribution in [0.25, 0.3) is 0 Å². The maximum Gasteiger partial charge on any atom is 0.124 e. The highest BCUT2D eigenvalue weighted by atomic mass is 16.5. The summed E-state index contributed by atoms with van der Waals surface area (Å²) in [6.07, 6.45) is 0.866. The zero-order valence-corrected chi connectivity index (χ0v) is 17.0. The van der Waals surface area contributed by atoms with E-state index in [2.05, 4.69) is 34.2 Å². The third-order valence-electron chi connectivity index (χ3n) is 5.44. The van der Waals surface area contributed by atoms with E-state index < -0.39 is 0 Å². The summed E-state index contributed by atoms with van der Waals surface area (Å²) in [7, 11) is 0. The monoisotopic (exact) mass is 393 g/mol. The number of rotatable bonds is 4. The molecule has 1 atom stereocenters. The lowest BCUT2D eigenvalue weighted by Crippen LogP contribution is -2.36. The fourth-order valence-corrected chi connectivity index (χ4v) is 3.82. The van der Waals surface area contributed by atoms with E-state index in [4.69, 9.17) is 14.6 Å². The van der Waals surface area contributed by atoms with Gasteiger partial charge in [0.2, 0.25) is 0 Å². The van der Waals surface area contributed by atoms with Crippen molar-refractivity contribution in [1.29, 1.82) is 0 Å². The molecule has 0 amide bonds. The summed E-state index contributed by atoms with van der Waals surface area (Å²) in [5.74, 6) is 0.462. The summed E-state index contributed by atoms with van der Waals surface area (Å²) in [6, 6.07) is 4.21. The van der Waals surface area contributed by atoms with E-state index in [1.54, 1.807) is 0 Å². The molecule has 7 heteroatoms. The summed E-state index contributed by atoms with van der Waals surface area (Å²) in [6.45, 7) is 12.4. The highest BCUT2D eigenvalue weighted by Gasteiger charge is 2.18. The normalized spacial score (nSPS) is 24.0. The fourth-order valence-electron chi connectivity index (χ4n) is 3.82. The predicted molar refractivity (Wildman–Crippen MR) is 109 cm³/mol. The minimum Gasteiger partial charge on any atom is -0.507 e. The van der Waals surface area contributed by atoms with E-state index in [0.717, 1.165) is 96.3 Å². The number of aliphatic hydroxyl groups is 1. The van der Waals surface area contributed by atoms with Crippen LogP contribution >= 0.6 is 0 Å². The van der Waals surface area contributed by atoms with Crippen LogP contribution in [-0.4, -0.2) is 91.8 Å². The van der Waals surface area contributed by atoms with Crippen molar-refractivity contribution in [1.82, 2.24) is 15.1 Å². The number of aryl methyl sites for hydroxylation is 1. The van der Waals surface area contributed by atoms with E-state index in [1.807, 2.05) is 0 Å². The lowest BCUT2D eigenvalue weighted by atomic mass is 10.0. The molecule has 0 bridgehead atoms. The molecule has 158 valence electrons. The Morgan fingerprint density at radius 3 is 1.82 bits per heavy atom. The van der Waals surface area contributed by atoms with Gasteiger partial charge < -0.3 is 25.0 Å². The summed E-state index contributed by atoms with van der Waals surface area (Å²) >= 11 is 0. The van der Waals surface area contributed by atoms with Crippen molar-refractivity contribution in [2.75, 3.05) is 65.7 Å². The molecule has 3 N–H and O–H groups in total. The second-order valence-electron chi connectivity index (χ2n) is 7.86. The Balaban J connectivity index is 0.000000320. The van der Waals surface area contributed by atoms with Crippen LogP contribution in [0, 0.1) is 6.92 Å². The van der Waals surface area contributed by atoms with E-state index in [-0.39, 0.29) is 6.10 Å². The molecule has 0 aliphatic carbocycles. The molecule has 0 aromatic heterocycles. The summed E-state index contributed by atoms with van der Waals surface area (Å²) < 4.78 is 10.8. The summed E-state index contributed by atoms with van der Waals surface area (Å²) in [5, 5.41) is 22.3. The van der Waals surface area contributed by atoms with Crippen molar-refractivity contribution < 1.29 is 19.7 Å². The van der Waals surface area contributed by atoms with Crippen LogP contribution < -0.4 is 5.32 Å². The highest BCUT2D eigenvalue weighted by molar-refractivity contribution is 5.43. The van der Waals surface area contributed by atoms with E-state index in [0.29, 0.717) is 5.75 Å². The van der Waals surface area contributed by atoms with E-state index >= 15 is 0 Å². The van der Waals surface area contributed by atoms with Gasteiger partial charge in [0.25, 0.3) is 0 Å². The largest absolute Gasteiger partial charge is 0.507 e. The van der Waals surface area contributed by atoms with Crippen LogP contribution in [-0.2, 0) is 22.6 Å². The number of hydrogen-bond donors (Lipinski definition) is 3. The van der Waals surface area contributed by atoms with Crippen molar-refractivity contribution in [2.24, 2.45) is 0 Å². The predicted octanol–water partition coefficient (Wildman–Crippen LogP) is 0.706. The van der Waals surface area contributed by atoms with E-state index in [9.17, 15) is 5.11 Å². The second kappa shape index (κ2) is 11.1. The third kappa shape index (κ3) is 6.69. The van der Waals surface area contributed by atoms with Crippen LogP contribution in [0.2, 0.25) is 0 Å². The van der Waals surface area contributed by atoms with Gasteiger partial charge in [-0.2, -0.15) is 0 Å². The molecule has 3 aliphatic heterocycles. The molecule has 28 heavy (non-hydrogen) atoms. The number of ether oxygens (including phenoxy) is 2. The van der Waals surface area contributed by atoms with Crippen molar-refractivity contribution in [3.8, 4) is 5.75 Å². The Morgan fingerprint density at radius 2 is 1.46 bits per heavy atom. The topological polar surface area (TPSA) is 77.4 Å². The molecule has 0 saturated carbocycles. The van der Waals surface area contributed by atoms with Gasteiger partial charge in [0.15, 0.2) is 0 Å². The molecule has 3 aliphatic rings. The minimum atomic E-state index is -0.0648. The Hall–Kier alpha value is -1.22. The van der Waals surface area contributed by atoms with Crippen LogP contribution in [0.5, 0.6) is 5.75 Å². The quantitative estimate of drug-likeness (QED) is 0.695. The van der Waals surface area contributed by atoms with Crippen LogP contribution in [0.3, 0.4) is 0 Å². The zero-order valence-electron chi connectivity index (χ0n) is 17.0. The fraction of sp³-hybridized carbons (Fsp3) is 0.714. The van der Waals surface area contributed by atoms with Gasteiger partial charge in [-0.15, -0.1) is 0 Å². The number of aliphatic hydroxyl groups excluding tert-OH is 1. The number of morpholine rings is 2. The van der Waals surface area contributed by atoms with Crippen LogP contribution in [0.4, 0.5) is 0 Å². The number of benzene rings is 1. The molecule has 3 heterocycles. The number of hydrogen-bond acceptors (Lipinski definition) is 7. The third-order valence-corrected chi connectivity index (χ3v) is 5.44. The maximum atomic E-state index is 10.7. The average molecular weight is 394 g/mol. The van der Waals surface area contributed by atoms with Crippen LogP contribution in [0.15, 0.2) is 12.1 Å². The van der Waals surface area contributed by atoms with Gasteiger partial charge in [0.05, 0.1) is 32.5 Å². The maximum absolute atomic E-state index is 10.7. The molecular weight excluding hydrogens is 358 g/mol.